The second-order valence-corrected chi connectivity index (χ2v) is 7.44. The summed E-state index contributed by atoms with van der Waals surface area (Å²) in [5, 5.41) is 0. The Morgan fingerprint density at radius 1 is 1.05 bits per heavy atom. The Kier molecular flexibility index (Phi) is 5.22. The van der Waals surface area contributed by atoms with Gasteiger partial charge in [0.15, 0.2) is 11.3 Å². The molecule has 0 heterocycles. The number of hydrogen-bond acceptors (Lipinski definition) is 6. The number of hydrazine groups is 1. The van der Waals surface area contributed by atoms with Crippen LogP contribution in [0.15, 0.2) is 0 Å². The van der Waals surface area contributed by atoms with Gasteiger partial charge in [0.25, 0.3) is 0 Å². The Balaban J connectivity index is 2.80. The van der Waals surface area contributed by atoms with Crippen molar-refractivity contribution in [2.75, 3.05) is 0 Å². The zero-order valence-corrected chi connectivity index (χ0v) is 14.2. The van der Waals surface area contributed by atoms with E-state index in [-0.39, 0.29) is 18.6 Å². The molecule has 0 aromatic carbocycles. The minimum absolute atomic E-state index is 0.266. The van der Waals surface area contributed by atoms with Crippen LogP contribution in [0.2, 0.25) is 0 Å². The molecular formula is C15H26N2O5. The Bertz CT molecular complexity index is 462. The minimum atomic E-state index is -1.54. The zero-order valence-electron chi connectivity index (χ0n) is 14.2. The van der Waals surface area contributed by atoms with Gasteiger partial charge < -0.3 is 9.47 Å². The van der Waals surface area contributed by atoms with Gasteiger partial charge in [-0.15, -0.1) is 0 Å². The van der Waals surface area contributed by atoms with E-state index in [4.69, 9.17) is 9.47 Å². The average molecular weight is 314 g/mol. The fourth-order valence-electron chi connectivity index (χ4n) is 2.09. The highest BCUT2D eigenvalue weighted by molar-refractivity contribution is 6.10. The molecule has 0 saturated heterocycles. The van der Waals surface area contributed by atoms with Crippen LogP contribution in [0, 0.1) is 0 Å². The lowest BCUT2D eigenvalue weighted by molar-refractivity contribution is -0.165. The van der Waals surface area contributed by atoms with Gasteiger partial charge in [0.05, 0.1) is 0 Å². The smallest absolute Gasteiger partial charge is 0.422 e. The van der Waals surface area contributed by atoms with Gasteiger partial charge in [-0.3, -0.25) is 10.2 Å². The van der Waals surface area contributed by atoms with Crippen LogP contribution in [-0.2, 0) is 19.1 Å². The molecule has 7 heteroatoms. The summed E-state index contributed by atoms with van der Waals surface area (Å²) >= 11 is 0. The fraction of sp³-hybridized carbons (Fsp3) is 0.800. The van der Waals surface area contributed by atoms with Gasteiger partial charge in [-0.05, 0) is 54.4 Å². The highest BCUT2D eigenvalue weighted by Gasteiger charge is 2.51. The van der Waals surface area contributed by atoms with Crippen molar-refractivity contribution >= 4 is 17.8 Å². The number of Topliss-reactive ketones (excluding diaryl/α,β-unsaturated/α-hetero) is 1. The van der Waals surface area contributed by atoms with Gasteiger partial charge >= 0.3 is 12.1 Å². The van der Waals surface area contributed by atoms with Gasteiger partial charge in [-0.1, -0.05) is 0 Å². The van der Waals surface area contributed by atoms with E-state index in [0.29, 0.717) is 6.42 Å². The maximum absolute atomic E-state index is 12.4. The SMILES string of the molecule is CC(C)(C)OC(=O)NN[C@@]1(C(=O)OC(C)(C)C)CCCC1=O. The molecule has 1 rings (SSSR count). The number of rotatable bonds is 3. The molecule has 1 aliphatic rings. The van der Waals surface area contributed by atoms with Crippen LogP contribution in [0.4, 0.5) is 4.79 Å². The summed E-state index contributed by atoms with van der Waals surface area (Å²) in [4.78, 5) is 36.3. The first kappa shape index (κ1) is 18.4. The van der Waals surface area contributed by atoms with Crippen molar-refractivity contribution in [2.24, 2.45) is 0 Å². The second kappa shape index (κ2) is 6.24. The highest BCUT2D eigenvalue weighted by atomic mass is 16.6. The van der Waals surface area contributed by atoms with E-state index in [1.54, 1.807) is 41.5 Å². The molecule has 1 amide bonds. The topological polar surface area (TPSA) is 93.7 Å². The van der Waals surface area contributed by atoms with Crippen molar-refractivity contribution < 1.29 is 23.9 Å². The van der Waals surface area contributed by atoms with Crippen LogP contribution >= 0.6 is 0 Å². The minimum Gasteiger partial charge on any atom is -0.458 e. The van der Waals surface area contributed by atoms with Gasteiger partial charge in [0.2, 0.25) is 0 Å². The predicted molar refractivity (Wildman–Crippen MR) is 79.9 cm³/mol. The maximum Gasteiger partial charge on any atom is 0.422 e. The summed E-state index contributed by atoms with van der Waals surface area (Å²) < 4.78 is 10.4. The lowest BCUT2D eigenvalue weighted by Gasteiger charge is -2.31. The van der Waals surface area contributed by atoms with E-state index < -0.39 is 28.8 Å². The quantitative estimate of drug-likeness (QED) is 0.469. The number of hydrogen-bond donors (Lipinski definition) is 2. The summed E-state index contributed by atoms with van der Waals surface area (Å²) in [7, 11) is 0. The molecule has 22 heavy (non-hydrogen) atoms. The van der Waals surface area contributed by atoms with Crippen LogP contribution in [0.25, 0.3) is 0 Å². The number of ketones is 1. The lowest BCUT2D eigenvalue weighted by Crippen LogP contribution is -2.63. The third kappa shape index (κ3) is 4.98. The molecule has 0 spiro atoms. The van der Waals surface area contributed by atoms with Gasteiger partial charge in [-0.25, -0.2) is 15.0 Å². The Morgan fingerprint density at radius 3 is 2.00 bits per heavy atom. The molecule has 0 radical (unpaired) electrons. The monoisotopic (exact) mass is 314 g/mol. The molecule has 1 saturated carbocycles. The van der Waals surface area contributed by atoms with Crippen molar-refractivity contribution in [3.05, 3.63) is 0 Å². The summed E-state index contributed by atoms with van der Waals surface area (Å²) in [5.74, 6) is -0.976. The molecule has 1 aliphatic carbocycles. The van der Waals surface area contributed by atoms with Crippen LogP contribution in [0.1, 0.15) is 60.8 Å². The molecule has 1 atom stereocenters. The van der Waals surface area contributed by atoms with E-state index >= 15 is 0 Å². The summed E-state index contributed by atoms with van der Waals surface area (Å²) in [6.07, 6.45) is 0.343. The van der Waals surface area contributed by atoms with Gasteiger partial charge in [0.1, 0.15) is 11.2 Å². The molecular weight excluding hydrogens is 288 g/mol. The highest BCUT2D eigenvalue weighted by Crippen LogP contribution is 2.29. The van der Waals surface area contributed by atoms with Crippen molar-refractivity contribution in [1.82, 2.24) is 10.9 Å². The molecule has 0 aromatic rings. The van der Waals surface area contributed by atoms with Crippen LogP contribution < -0.4 is 10.9 Å². The third-order valence-electron chi connectivity index (χ3n) is 2.96. The normalized spacial score (nSPS) is 22.4. The van der Waals surface area contributed by atoms with Crippen LogP contribution in [0.5, 0.6) is 0 Å². The third-order valence-corrected chi connectivity index (χ3v) is 2.96. The summed E-state index contributed by atoms with van der Waals surface area (Å²) in [6, 6.07) is 0. The molecule has 126 valence electrons. The number of carbonyl (C=O) groups excluding carboxylic acids is 3. The Morgan fingerprint density at radius 2 is 1.59 bits per heavy atom. The molecule has 0 bridgehead atoms. The molecule has 1 fully saturated rings. The molecule has 2 N–H and O–H groups in total. The van der Waals surface area contributed by atoms with E-state index in [9.17, 15) is 14.4 Å². The van der Waals surface area contributed by atoms with Crippen molar-refractivity contribution in [3.8, 4) is 0 Å². The van der Waals surface area contributed by atoms with Crippen molar-refractivity contribution in [1.29, 1.82) is 0 Å². The average Bonchev–Trinajstić information content (AvgIpc) is 2.64. The molecule has 0 aliphatic heterocycles. The van der Waals surface area contributed by atoms with E-state index in [1.807, 2.05) is 0 Å². The van der Waals surface area contributed by atoms with Crippen molar-refractivity contribution in [3.63, 3.8) is 0 Å². The number of ether oxygens (including phenoxy) is 2. The number of carbonyl (C=O) groups is 3. The number of nitrogens with one attached hydrogen (secondary N) is 2. The van der Waals surface area contributed by atoms with Crippen LogP contribution in [-0.4, -0.2) is 34.6 Å². The zero-order chi connectivity index (χ0) is 17.2. The van der Waals surface area contributed by atoms with Gasteiger partial charge in [0, 0.05) is 6.42 Å². The Hall–Kier alpha value is -1.63. The van der Waals surface area contributed by atoms with Gasteiger partial charge in [-0.2, -0.15) is 0 Å². The van der Waals surface area contributed by atoms with E-state index in [0.717, 1.165) is 0 Å². The lowest BCUT2D eigenvalue weighted by atomic mass is 9.97. The number of esters is 1. The van der Waals surface area contributed by atoms with E-state index in [1.165, 1.54) is 0 Å². The summed E-state index contributed by atoms with van der Waals surface area (Å²) in [5.41, 5.74) is 1.89. The van der Waals surface area contributed by atoms with E-state index in [2.05, 4.69) is 10.9 Å². The first-order chi connectivity index (χ1) is 9.86. The standard InChI is InChI=1S/C15H26N2O5/c1-13(2,3)21-11(19)15(9-7-8-10(15)18)17-16-12(20)22-14(4,5)6/h17H,7-9H2,1-6H3,(H,16,20)/t15-/m0/s1. The maximum atomic E-state index is 12.4. The Labute approximate surface area is 131 Å². The summed E-state index contributed by atoms with van der Waals surface area (Å²) in [6.45, 7) is 10.3. The second-order valence-electron chi connectivity index (χ2n) is 7.44. The largest absolute Gasteiger partial charge is 0.458 e. The predicted octanol–water partition coefficient (Wildman–Crippen LogP) is 1.85. The molecule has 0 aromatic heterocycles. The van der Waals surface area contributed by atoms with Crippen LogP contribution in [0.3, 0.4) is 0 Å². The first-order valence-electron chi connectivity index (χ1n) is 7.39. The number of amides is 1. The molecule has 0 unspecified atom stereocenters. The first-order valence-corrected chi connectivity index (χ1v) is 7.39. The van der Waals surface area contributed by atoms with Crippen molar-refractivity contribution in [2.45, 2.75) is 77.5 Å². The fourth-order valence-corrected chi connectivity index (χ4v) is 2.09. The molecule has 7 nitrogen and oxygen atoms in total.